The van der Waals surface area contributed by atoms with E-state index in [1.165, 1.54) is 11.1 Å². The zero-order chi connectivity index (χ0) is 15.4. The van der Waals surface area contributed by atoms with Gasteiger partial charge in [0, 0.05) is 25.5 Å². The molecule has 2 aromatic heterocycles. The number of hydrogen-bond donors (Lipinski definition) is 0. The highest BCUT2D eigenvalue weighted by atomic mass is 15.1. The van der Waals surface area contributed by atoms with Gasteiger partial charge in [-0.2, -0.15) is 0 Å². The highest BCUT2D eigenvalue weighted by Crippen LogP contribution is 2.13. The molecule has 3 aromatic rings. The molecule has 0 aliphatic heterocycles. The van der Waals surface area contributed by atoms with Crippen molar-refractivity contribution < 1.29 is 0 Å². The molecule has 2 heterocycles. The van der Waals surface area contributed by atoms with Crippen LogP contribution in [0.1, 0.15) is 30.2 Å². The van der Waals surface area contributed by atoms with Crippen LogP contribution in [0.15, 0.2) is 54.9 Å². The van der Waals surface area contributed by atoms with E-state index in [9.17, 15) is 0 Å². The minimum atomic E-state index is 0.893. The maximum Gasteiger partial charge on any atom is 0.139 e. The maximum absolute atomic E-state index is 4.80. The zero-order valence-electron chi connectivity index (χ0n) is 13.4. The van der Waals surface area contributed by atoms with Crippen LogP contribution in [0.4, 0.5) is 0 Å². The lowest BCUT2D eigenvalue weighted by atomic mass is 10.2. The molecule has 0 fully saturated rings. The first-order chi connectivity index (χ1) is 10.8. The molecule has 0 saturated carbocycles. The monoisotopic (exact) mass is 293 g/mol. The molecule has 0 saturated heterocycles. The zero-order valence-corrected chi connectivity index (χ0v) is 13.4. The van der Waals surface area contributed by atoms with E-state index in [-0.39, 0.29) is 0 Å². The van der Waals surface area contributed by atoms with Crippen LogP contribution in [0.25, 0.3) is 5.65 Å². The Morgan fingerprint density at radius 2 is 1.86 bits per heavy atom. The molecule has 3 heteroatoms. The summed E-state index contributed by atoms with van der Waals surface area (Å²) in [5, 5.41) is 0. The van der Waals surface area contributed by atoms with E-state index in [1.807, 2.05) is 0 Å². The van der Waals surface area contributed by atoms with Gasteiger partial charge < -0.3 is 4.40 Å². The topological polar surface area (TPSA) is 20.5 Å². The predicted molar refractivity (Wildman–Crippen MR) is 90.8 cm³/mol. The van der Waals surface area contributed by atoms with Crippen LogP contribution in [-0.4, -0.2) is 20.8 Å². The Labute approximate surface area is 132 Å². The van der Waals surface area contributed by atoms with Gasteiger partial charge in [0.15, 0.2) is 0 Å². The number of benzene rings is 1. The second-order valence-electron chi connectivity index (χ2n) is 5.85. The second kappa shape index (κ2) is 6.75. The van der Waals surface area contributed by atoms with E-state index in [1.54, 1.807) is 0 Å². The Balaban J connectivity index is 1.78. The molecule has 114 valence electrons. The first-order valence-electron chi connectivity index (χ1n) is 7.95. The van der Waals surface area contributed by atoms with Crippen LogP contribution in [0.2, 0.25) is 0 Å². The average molecular weight is 293 g/mol. The minimum Gasteiger partial charge on any atom is -0.307 e. The van der Waals surface area contributed by atoms with Gasteiger partial charge in [-0.05, 0) is 37.1 Å². The molecule has 0 spiro atoms. The minimum absolute atomic E-state index is 0.893. The van der Waals surface area contributed by atoms with Crippen molar-refractivity contribution in [2.75, 3.05) is 6.54 Å². The summed E-state index contributed by atoms with van der Waals surface area (Å²) in [7, 11) is 0. The van der Waals surface area contributed by atoms with Crippen LogP contribution in [0, 0.1) is 6.92 Å². The Bertz CT molecular complexity index is 731. The third-order valence-electron chi connectivity index (χ3n) is 3.90. The summed E-state index contributed by atoms with van der Waals surface area (Å²) in [4.78, 5) is 7.26. The lowest BCUT2D eigenvalue weighted by Crippen LogP contribution is -2.23. The summed E-state index contributed by atoms with van der Waals surface area (Å²) >= 11 is 0. The number of aromatic nitrogens is 2. The van der Waals surface area contributed by atoms with Gasteiger partial charge in [-0.25, -0.2) is 4.98 Å². The van der Waals surface area contributed by atoms with E-state index < -0.39 is 0 Å². The van der Waals surface area contributed by atoms with Gasteiger partial charge in [-0.3, -0.25) is 4.90 Å². The summed E-state index contributed by atoms with van der Waals surface area (Å²) in [6.45, 7) is 7.29. The van der Waals surface area contributed by atoms with E-state index >= 15 is 0 Å². The molecule has 3 nitrogen and oxygen atoms in total. The fourth-order valence-electron chi connectivity index (χ4n) is 2.88. The Morgan fingerprint density at radius 1 is 1.05 bits per heavy atom. The number of imidazole rings is 1. The molecule has 0 atom stereocenters. The summed E-state index contributed by atoms with van der Waals surface area (Å²) < 4.78 is 2.12. The second-order valence-corrected chi connectivity index (χ2v) is 5.85. The average Bonchev–Trinajstić information content (AvgIpc) is 2.92. The van der Waals surface area contributed by atoms with Crippen LogP contribution < -0.4 is 0 Å². The predicted octanol–water partition coefficient (Wildman–Crippen LogP) is 4.05. The summed E-state index contributed by atoms with van der Waals surface area (Å²) in [6.07, 6.45) is 5.37. The van der Waals surface area contributed by atoms with E-state index in [0.29, 0.717) is 0 Å². The Kier molecular flexibility index (Phi) is 4.54. The van der Waals surface area contributed by atoms with Crippen LogP contribution >= 0.6 is 0 Å². The molecule has 0 bridgehead atoms. The van der Waals surface area contributed by atoms with Crippen molar-refractivity contribution in [2.24, 2.45) is 0 Å². The number of rotatable bonds is 6. The Hall–Kier alpha value is -2.13. The van der Waals surface area contributed by atoms with Gasteiger partial charge in [-0.1, -0.05) is 43.3 Å². The number of fused-ring (bicyclic) bond motifs is 1. The summed E-state index contributed by atoms with van der Waals surface area (Å²) in [5.74, 6) is 0. The Morgan fingerprint density at radius 3 is 2.59 bits per heavy atom. The standard InChI is InChI=1S/C19H23N3/c1-3-11-21(13-17-9-5-4-6-10-17)14-18-15-22-12-7-8-16(2)19(22)20-18/h4-10,12,15H,3,11,13-14H2,1-2H3. The normalized spacial score (nSPS) is 11.4. The van der Waals surface area contributed by atoms with E-state index in [4.69, 9.17) is 4.98 Å². The summed E-state index contributed by atoms with van der Waals surface area (Å²) in [6, 6.07) is 14.8. The highest BCUT2D eigenvalue weighted by Gasteiger charge is 2.10. The lowest BCUT2D eigenvalue weighted by molar-refractivity contribution is 0.254. The third-order valence-corrected chi connectivity index (χ3v) is 3.90. The van der Waals surface area contributed by atoms with Gasteiger partial charge in [0.25, 0.3) is 0 Å². The van der Waals surface area contributed by atoms with Gasteiger partial charge in [0.1, 0.15) is 5.65 Å². The molecule has 3 rings (SSSR count). The van der Waals surface area contributed by atoms with E-state index in [2.05, 4.69) is 78.0 Å². The molecule has 1 aromatic carbocycles. The first kappa shape index (κ1) is 14.8. The van der Waals surface area contributed by atoms with Crippen molar-refractivity contribution in [3.05, 3.63) is 71.7 Å². The van der Waals surface area contributed by atoms with Gasteiger partial charge in [0.2, 0.25) is 0 Å². The van der Waals surface area contributed by atoms with Crippen LogP contribution in [0.5, 0.6) is 0 Å². The van der Waals surface area contributed by atoms with Crippen molar-refractivity contribution in [1.29, 1.82) is 0 Å². The lowest BCUT2D eigenvalue weighted by Gasteiger charge is -2.20. The fraction of sp³-hybridized carbons (Fsp3) is 0.316. The van der Waals surface area contributed by atoms with Crippen LogP contribution in [0.3, 0.4) is 0 Å². The quantitative estimate of drug-likeness (QED) is 0.683. The maximum atomic E-state index is 4.80. The van der Waals surface area contributed by atoms with Gasteiger partial charge in [0.05, 0.1) is 5.69 Å². The fourth-order valence-corrected chi connectivity index (χ4v) is 2.88. The molecule has 0 unspecified atom stereocenters. The molecule has 0 aliphatic carbocycles. The third kappa shape index (κ3) is 3.37. The number of hydrogen-bond acceptors (Lipinski definition) is 2. The largest absolute Gasteiger partial charge is 0.307 e. The molecule has 0 N–H and O–H groups in total. The van der Waals surface area contributed by atoms with Crippen molar-refractivity contribution >= 4 is 5.65 Å². The first-order valence-corrected chi connectivity index (χ1v) is 7.95. The summed E-state index contributed by atoms with van der Waals surface area (Å²) in [5.41, 5.74) is 4.78. The molecule has 0 radical (unpaired) electrons. The van der Waals surface area contributed by atoms with Crippen LogP contribution in [-0.2, 0) is 13.1 Å². The molecule has 0 aliphatic rings. The molecular weight excluding hydrogens is 270 g/mol. The SMILES string of the molecule is CCCN(Cc1ccccc1)Cc1cn2cccc(C)c2n1. The van der Waals surface area contributed by atoms with Gasteiger partial charge in [-0.15, -0.1) is 0 Å². The van der Waals surface area contributed by atoms with Crippen molar-refractivity contribution in [3.8, 4) is 0 Å². The van der Waals surface area contributed by atoms with Crippen molar-refractivity contribution in [2.45, 2.75) is 33.4 Å². The highest BCUT2D eigenvalue weighted by molar-refractivity contribution is 5.47. The number of pyridine rings is 1. The van der Waals surface area contributed by atoms with Gasteiger partial charge >= 0.3 is 0 Å². The number of nitrogens with zero attached hydrogens (tertiary/aromatic N) is 3. The number of aryl methyl sites for hydroxylation is 1. The molecule has 0 amide bonds. The van der Waals surface area contributed by atoms with Crippen molar-refractivity contribution in [3.63, 3.8) is 0 Å². The van der Waals surface area contributed by atoms with Crippen molar-refractivity contribution in [1.82, 2.24) is 14.3 Å². The smallest absolute Gasteiger partial charge is 0.139 e. The molecular formula is C19H23N3. The molecule has 22 heavy (non-hydrogen) atoms. The van der Waals surface area contributed by atoms with E-state index in [0.717, 1.165) is 37.4 Å².